The molecule has 0 spiro atoms. The van der Waals surface area contributed by atoms with Gasteiger partial charge >= 0.3 is 0 Å². The number of ether oxygens (including phenoxy) is 2. The highest BCUT2D eigenvalue weighted by molar-refractivity contribution is 6.38. The van der Waals surface area contributed by atoms with Crippen LogP contribution in [0.5, 0.6) is 11.5 Å². The lowest BCUT2D eigenvalue weighted by molar-refractivity contribution is 0.122. The van der Waals surface area contributed by atoms with Crippen LogP contribution in [0.2, 0.25) is 5.54 Å². The van der Waals surface area contributed by atoms with E-state index in [9.17, 15) is 0 Å². The zero-order valence-electron chi connectivity index (χ0n) is 25.0. The second kappa shape index (κ2) is 17.7. The van der Waals surface area contributed by atoms with Crippen LogP contribution in [0.1, 0.15) is 130 Å². The Morgan fingerprint density at radius 3 is 2.08 bits per heavy atom. The van der Waals surface area contributed by atoms with Crippen molar-refractivity contribution in [2.45, 2.75) is 142 Å². The van der Waals surface area contributed by atoms with Gasteiger partial charge in [0.1, 0.15) is 9.52 Å². The molecule has 4 heteroatoms. The van der Waals surface area contributed by atoms with Crippen molar-refractivity contribution in [3.8, 4) is 22.6 Å². The molecule has 3 nitrogen and oxygen atoms in total. The zero-order chi connectivity index (χ0) is 27.0. The molecule has 1 aromatic carbocycles. The summed E-state index contributed by atoms with van der Waals surface area (Å²) in [5.41, 5.74) is 4.25. The minimum Gasteiger partial charge on any atom is -0.456 e. The molecule has 0 saturated carbocycles. The molecular weight excluding hydrogens is 482 g/mol. The Morgan fingerprint density at radius 1 is 0.711 bits per heavy atom. The number of hydrogen-bond donors (Lipinski definition) is 0. The fourth-order valence-corrected chi connectivity index (χ4v) is 7.34. The summed E-state index contributed by atoms with van der Waals surface area (Å²) in [4.78, 5) is 4.73. The Labute approximate surface area is 236 Å². The van der Waals surface area contributed by atoms with Gasteiger partial charge in [0.15, 0.2) is 11.5 Å². The molecule has 0 fully saturated rings. The van der Waals surface area contributed by atoms with Gasteiger partial charge in [0, 0.05) is 17.5 Å². The first-order chi connectivity index (χ1) is 18.6. The maximum Gasteiger partial charge on any atom is 0.213 e. The van der Waals surface area contributed by atoms with Gasteiger partial charge in [-0.05, 0) is 48.1 Å². The number of rotatable bonds is 20. The molecule has 0 saturated heterocycles. The predicted octanol–water partition coefficient (Wildman–Crippen LogP) is 9.85. The molecule has 212 valence electrons. The van der Waals surface area contributed by atoms with Gasteiger partial charge in [0.25, 0.3) is 0 Å². The molecule has 2 aromatic rings. The minimum atomic E-state index is -0.468. The van der Waals surface area contributed by atoms with Crippen molar-refractivity contribution in [2.75, 3.05) is 0 Å². The third-order valence-electron chi connectivity index (χ3n) is 8.19. The first-order valence-corrected chi connectivity index (χ1v) is 17.6. The number of pyridine rings is 1. The van der Waals surface area contributed by atoms with E-state index >= 15 is 0 Å². The molecule has 3 unspecified atom stereocenters. The maximum atomic E-state index is 6.28. The van der Waals surface area contributed by atoms with Crippen LogP contribution >= 0.6 is 0 Å². The highest BCUT2D eigenvalue weighted by Gasteiger charge is 2.26. The van der Waals surface area contributed by atoms with E-state index in [-0.39, 0.29) is 5.91 Å². The number of aryl methyl sites for hydroxylation is 1. The number of unbranched alkanes of at least 4 members (excludes halogenated alkanes) is 9. The van der Waals surface area contributed by atoms with E-state index in [0.717, 1.165) is 40.5 Å². The third kappa shape index (κ3) is 11.1. The van der Waals surface area contributed by atoms with E-state index in [1.165, 1.54) is 102 Å². The van der Waals surface area contributed by atoms with Crippen LogP contribution < -0.4 is 9.47 Å². The van der Waals surface area contributed by atoms with E-state index in [1.807, 2.05) is 6.20 Å². The lowest BCUT2D eigenvalue weighted by Crippen LogP contribution is -2.28. The Morgan fingerprint density at radius 2 is 1.34 bits per heavy atom. The van der Waals surface area contributed by atoms with Crippen molar-refractivity contribution in [1.82, 2.24) is 4.98 Å². The number of fused-ring (bicyclic) bond motifs is 1. The molecule has 38 heavy (non-hydrogen) atoms. The van der Waals surface area contributed by atoms with E-state index in [1.54, 1.807) is 0 Å². The molecule has 0 radical (unpaired) electrons. The van der Waals surface area contributed by atoms with Crippen LogP contribution in [0.25, 0.3) is 11.1 Å². The molecule has 1 aliphatic heterocycles. The topological polar surface area (TPSA) is 31.4 Å². The van der Waals surface area contributed by atoms with Crippen molar-refractivity contribution in [2.24, 2.45) is 5.92 Å². The van der Waals surface area contributed by atoms with E-state index in [4.69, 9.17) is 14.5 Å². The smallest absolute Gasteiger partial charge is 0.213 e. The monoisotopic (exact) mass is 537 g/mol. The van der Waals surface area contributed by atoms with Crippen molar-refractivity contribution in [1.29, 1.82) is 0 Å². The second-order valence-electron chi connectivity index (χ2n) is 12.0. The van der Waals surface area contributed by atoms with E-state index in [0.29, 0.717) is 0 Å². The molecule has 0 bridgehead atoms. The fourth-order valence-electron chi connectivity index (χ4n) is 5.61. The van der Waals surface area contributed by atoms with Crippen LogP contribution in [-0.4, -0.2) is 20.4 Å². The summed E-state index contributed by atoms with van der Waals surface area (Å²) in [5, 5.41) is 0. The predicted molar refractivity (Wildman–Crippen MR) is 166 cm³/mol. The summed E-state index contributed by atoms with van der Waals surface area (Å²) in [5.74, 6) is 2.70. The molecule has 0 aliphatic carbocycles. The van der Waals surface area contributed by atoms with Crippen LogP contribution in [-0.2, 0) is 6.42 Å². The first-order valence-electron chi connectivity index (χ1n) is 16.0. The Bertz CT molecular complexity index is 900. The molecule has 3 atom stereocenters. The van der Waals surface area contributed by atoms with Crippen LogP contribution in [0, 0.1) is 5.92 Å². The first kappa shape index (κ1) is 30.7. The molecule has 0 N–H and O–H groups in total. The summed E-state index contributed by atoms with van der Waals surface area (Å²) in [7, 11) is -0.468. The molecule has 1 aromatic heterocycles. The lowest BCUT2D eigenvalue weighted by atomic mass is 9.96. The van der Waals surface area contributed by atoms with Crippen LogP contribution in [0.15, 0.2) is 36.5 Å². The van der Waals surface area contributed by atoms with Gasteiger partial charge in [0.2, 0.25) is 5.91 Å². The number of benzene rings is 1. The summed E-state index contributed by atoms with van der Waals surface area (Å²) in [6, 6.07) is 10.7. The minimum absolute atomic E-state index is 0.0209. The molecule has 3 rings (SSSR count). The van der Waals surface area contributed by atoms with Gasteiger partial charge in [-0.1, -0.05) is 130 Å². The molecule has 1 aliphatic rings. The second-order valence-corrected chi connectivity index (χ2v) is 14.5. The Hall–Kier alpha value is -1.81. The van der Waals surface area contributed by atoms with Crippen LogP contribution in [0.3, 0.4) is 0 Å². The maximum absolute atomic E-state index is 6.28. The zero-order valence-corrected chi connectivity index (χ0v) is 26.4. The van der Waals surface area contributed by atoms with Crippen molar-refractivity contribution >= 4 is 9.52 Å². The van der Waals surface area contributed by atoms with Gasteiger partial charge in [-0.25, -0.2) is 0 Å². The van der Waals surface area contributed by atoms with E-state index < -0.39 is 9.52 Å². The quantitative estimate of drug-likeness (QED) is 0.124. The average Bonchev–Trinajstić information content (AvgIpc) is 3.32. The SMILES string of the molecule is CCCCCCCc1ccc(-c2ccc3c(c2)OC([SiH2]C(C)CCCCCCC(C)CCCCC)O3)cn1. The lowest BCUT2D eigenvalue weighted by Gasteiger charge is -2.15. The van der Waals surface area contributed by atoms with Gasteiger partial charge in [-0.15, -0.1) is 0 Å². The summed E-state index contributed by atoms with van der Waals surface area (Å²) in [6.07, 6.45) is 23.4. The van der Waals surface area contributed by atoms with Crippen molar-refractivity contribution < 1.29 is 9.47 Å². The van der Waals surface area contributed by atoms with Gasteiger partial charge in [0.05, 0.1) is 0 Å². The highest BCUT2D eigenvalue weighted by Crippen LogP contribution is 2.38. The van der Waals surface area contributed by atoms with Gasteiger partial charge in [-0.2, -0.15) is 0 Å². The Balaban J connectivity index is 1.33. The fraction of sp³-hybridized carbons (Fsp3) is 0.676. The summed E-state index contributed by atoms with van der Waals surface area (Å²) < 4.78 is 12.5. The standard InChI is InChI=1S/C34H55NO2Si/c1-5-7-9-10-16-20-31-23-21-30(26-35-31)29-22-24-32-33(25-29)37-34(36-32)38-28(4)19-15-12-11-14-18-27(3)17-13-8-6-2/h21-28,34H,5-20,38H2,1-4H3. The van der Waals surface area contributed by atoms with Crippen molar-refractivity contribution in [3.05, 3.63) is 42.2 Å². The largest absolute Gasteiger partial charge is 0.456 e. The van der Waals surface area contributed by atoms with E-state index in [2.05, 4.69) is 58.0 Å². The van der Waals surface area contributed by atoms with Gasteiger partial charge < -0.3 is 9.47 Å². The number of aromatic nitrogens is 1. The third-order valence-corrected chi connectivity index (χ3v) is 10.1. The molecule has 2 heterocycles. The molecular formula is C34H55NO2Si. The Kier molecular flexibility index (Phi) is 14.3. The normalized spacial score (nSPS) is 16.4. The van der Waals surface area contributed by atoms with Crippen LogP contribution in [0.4, 0.5) is 0 Å². The van der Waals surface area contributed by atoms with Crippen molar-refractivity contribution in [3.63, 3.8) is 0 Å². The number of hydrogen-bond acceptors (Lipinski definition) is 3. The molecule has 0 amide bonds. The highest BCUT2D eigenvalue weighted by atomic mass is 28.2. The average molecular weight is 538 g/mol. The van der Waals surface area contributed by atoms with Gasteiger partial charge in [-0.3, -0.25) is 4.98 Å². The summed E-state index contributed by atoms with van der Waals surface area (Å²) >= 11 is 0. The number of nitrogens with zero attached hydrogens (tertiary/aromatic N) is 1. The summed E-state index contributed by atoms with van der Waals surface area (Å²) in [6.45, 7) is 9.40.